The molecule has 0 unspecified atom stereocenters. The Labute approximate surface area is 184 Å². The molecule has 3 rings (SSSR count). The maximum absolute atomic E-state index is 12.5. The zero-order valence-electron chi connectivity index (χ0n) is 16.5. The van der Waals surface area contributed by atoms with Crippen LogP contribution in [0.3, 0.4) is 0 Å². The molecule has 0 radical (unpaired) electrons. The van der Waals surface area contributed by atoms with E-state index in [4.69, 9.17) is 0 Å². The monoisotopic (exact) mass is 451 g/mol. The summed E-state index contributed by atoms with van der Waals surface area (Å²) >= 11 is 0. The molecule has 0 saturated carbocycles. The molecule has 0 aliphatic carbocycles. The van der Waals surface area contributed by atoms with Gasteiger partial charge in [0.15, 0.2) is 0 Å². The van der Waals surface area contributed by atoms with E-state index in [0.717, 1.165) is 30.3 Å². The van der Waals surface area contributed by atoms with Gasteiger partial charge in [0.25, 0.3) is 28.9 Å². The van der Waals surface area contributed by atoms with E-state index in [-0.39, 0.29) is 33.9 Å². The molecule has 0 aliphatic heterocycles. The van der Waals surface area contributed by atoms with Crippen LogP contribution in [0, 0.1) is 30.3 Å². The number of carbonyl (C=O) groups excluding carboxylic acids is 2. The summed E-state index contributed by atoms with van der Waals surface area (Å²) in [7, 11) is 0. The molecule has 33 heavy (non-hydrogen) atoms. The number of hydrogen-bond acceptors (Lipinski definition) is 8. The number of nitro benzene ring substituents is 3. The summed E-state index contributed by atoms with van der Waals surface area (Å²) in [4.78, 5) is 55.7. The first kappa shape index (κ1) is 22.5. The second kappa shape index (κ2) is 9.30. The van der Waals surface area contributed by atoms with Crippen molar-refractivity contribution in [1.82, 2.24) is 0 Å². The van der Waals surface area contributed by atoms with Crippen molar-refractivity contribution in [3.05, 3.63) is 108 Å². The Morgan fingerprint density at radius 2 is 1.06 bits per heavy atom. The fourth-order valence-electron chi connectivity index (χ4n) is 2.74. The molecule has 0 spiro atoms. The molecule has 3 aromatic carbocycles. The second-order valence-corrected chi connectivity index (χ2v) is 6.51. The van der Waals surface area contributed by atoms with Crippen molar-refractivity contribution in [3.8, 4) is 0 Å². The standard InChI is InChI=1S/C20H13N5O8/c26-19(12-1-6-15(7-2-12)23(28)29)21-14-5-10-18(25(32)33)17(11-14)22-20(27)13-3-8-16(9-4-13)24(30)31/h1-11H,(H,21,26)(H,22,27). The molecular formula is C20H13N5O8. The second-order valence-electron chi connectivity index (χ2n) is 6.51. The number of hydrogen-bond donors (Lipinski definition) is 2. The van der Waals surface area contributed by atoms with Crippen molar-refractivity contribution in [2.45, 2.75) is 0 Å². The normalized spacial score (nSPS) is 10.2. The maximum Gasteiger partial charge on any atom is 0.292 e. The minimum atomic E-state index is -0.758. The van der Waals surface area contributed by atoms with Gasteiger partial charge in [0, 0.05) is 47.1 Å². The number of carbonyl (C=O) groups is 2. The van der Waals surface area contributed by atoms with E-state index in [1.807, 2.05) is 0 Å². The summed E-state index contributed by atoms with van der Waals surface area (Å²) in [5.41, 5.74) is -0.844. The minimum Gasteiger partial charge on any atom is -0.322 e. The number of non-ortho nitro benzene ring substituents is 2. The Kier molecular flexibility index (Phi) is 6.34. The van der Waals surface area contributed by atoms with E-state index in [1.165, 1.54) is 36.4 Å². The molecule has 0 heterocycles. The van der Waals surface area contributed by atoms with Crippen molar-refractivity contribution in [2.75, 3.05) is 10.6 Å². The third-order valence-electron chi connectivity index (χ3n) is 4.38. The summed E-state index contributed by atoms with van der Waals surface area (Å²) in [5, 5.41) is 37.6. The molecule has 2 amide bonds. The SMILES string of the molecule is O=C(Nc1ccc([N+](=O)[O-])c(NC(=O)c2ccc([N+](=O)[O-])cc2)c1)c1ccc([N+](=O)[O-])cc1. The Morgan fingerprint density at radius 1 is 0.606 bits per heavy atom. The smallest absolute Gasteiger partial charge is 0.292 e. The van der Waals surface area contributed by atoms with Crippen LogP contribution in [-0.4, -0.2) is 26.6 Å². The van der Waals surface area contributed by atoms with Gasteiger partial charge in [0.2, 0.25) is 0 Å². The summed E-state index contributed by atoms with van der Waals surface area (Å²) in [6, 6.07) is 12.9. The van der Waals surface area contributed by atoms with Gasteiger partial charge in [-0.25, -0.2) is 0 Å². The lowest BCUT2D eigenvalue weighted by atomic mass is 10.1. The van der Waals surface area contributed by atoms with E-state index in [1.54, 1.807) is 0 Å². The van der Waals surface area contributed by atoms with Gasteiger partial charge in [-0.15, -0.1) is 0 Å². The van der Waals surface area contributed by atoms with Gasteiger partial charge < -0.3 is 10.6 Å². The average molecular weight is 451 g/mol. The number of amides is 2. The van der Waals surface area contributed by atoms with Crippen LogP contribution in [0.15, 0.2) is 66.7 Å². The third kappa shape index (κ3) is 5.29. The molecule has 0 atom stereocenters. The number of anilines is 2. The van der Waals surface area contributed by atoms with E-state index in [0.29, 0.717) is 0 Å². The Balaban J connectivity index is 1.82. The van der Waals surface area contributed by atoms with Gasteiger partial charge >= 0.3 is 0 Å². The van der Waals surface area contributed by atoms with Crippen LogP contribution < -0.4 is 10.6 Å². The van der Waals surface area contributed by atoms with Crippen molar-refractivity contribution >= 4 is 40.3 Å². The Bertz CT molecular complexity index is 1270. The first-order chi connectivity index (χ1) is 15.7. The molecule has 0 saturated heterocycles. The van der Waals surface area contributed by atoms with Crippen LogP contribution in [-0.2, 0) is 0 Å². The highest BCUT2D eigenvalue weighted by atomic mass is 16.6. The first-order valence-corrected chi connectivity index (χ1v) is 9.06. The molecule has 0 bridgehead atoms. The number of nitro groups is 3. The molecule has 3 aromatic rings. The van der Waals surface area contributed by atoms with E-state index in [9.17, 15) is 39.9 Å². The summed E-state index contributed by atoms with van der Waals surface area (Å²) < 4.78 is 0. The van der Waals surface area contributed by atoms with Crippen LogP contribution in [0.4, 0.5) is 28.4 Å². The topological polar surface area (TPSA) is 188 Å². The number of nitrogens with one attached hydrogen (secondary N) is 2. The van der Waals surface area contributed by atoms with E-state index >= 15 is 0 Å². The lowest BCUT2D eigenvalue weighted by molar-refractivity contribution is -0.385. The van der Waals surface area contributed by atoms with Crippen molar-refractivity contribution < 1.29 is 24.4 Å². The van der Waals surface area contributed by atoms with Crippen molar-refractivity contribution in [1.29, 1.82) is 0 Å². The zero-order chi connectivity index (χ0) is 24.1. The summed E-state index contributed by atoms with van der Waals surface area (Å²) in [5.74, 6) is -1.39. The summed E-state index contributed by atoms with van der Waals surface area (Å²) in [6.07, 6.45) is 0. The quantitative estimate of drug-likeness (QED) is 0.399. The molecule has 0 aromatic heterocycles. The Morgan fingerprint density at radius 3 is 1.48 bits per heavy atom. The fourth-order valence-corrected chi connectivity index (χ4v) is 2.74. The van der Waals surface area contributed by atoms with Crippen molar-refractivity contribution in [2.24, 2.45) is 0 Å². The highest BCUT2D eigenvalue weighted by Gasteiger charge is 2.19. The van der Waals surface area contributed by atoms with Crippen LogP contribution in [0.2, 0.25) is 0 Å². The largest absolute Gasteiger partial charge is 0.322 e. The highest BCUT2D eigenvalue weighted by molar-refractivity contribution is 6.07. The van der Waals surface area contributed by atoms with Crippen LogP contribution in [0.25, 0.3) is 0 Å². The fraction of sp³-hybridized carbons (Fsp3) is 0. The van der Waals surface area contributed by atoms with Gasteiger partial charge in [-0.2, -0.15) is 0 Å². The third-order valence-corrected chi connectivity index (χ3v) is 4.38. The molecule has 166 valence electrons. The van der Waals surface area contributed by atoms with Gasteiger partial charge in [-0.05, 0) is 36.4 Å². The predicted molar refractivity (Wildman–Crippen MR) is 115 cm³/mol. The molecule has 0 fully saturated rings. The van der Waals surface area contributed by atoms with Crippen molar-refractivity contribution in [3.63, 3.8) is 0 Å². The lowest BCUT2D eigenvalue weighted by Crippen LogP contribution is -2.15. The van der Waals surface area contributed by atoms with Gasteiger partial charge in [-0.3, -0.25) is 39.9 Å². The van der Waals surface area contributed by atoms with Crippen LogP contribution in [0.5, 0.6) is 0 Å². The molecular weight excluding hydrogens is 438 g/mol. The number of nitrogens with zero attached hydrogens (tertiary/aromatic N) is 3. The lowest BCUT2D eigenvalue weighted by Gasteiger charge is -2.10. The van der Waals surface area contributed by atoms with E-state index in [2.05, 4.69) is 10.6 Å². The maximum atomic E-state index is 12.5. The van der Waals surface area contributed by atoms with Crippen LogP contribution in [0.1, 0.15) is 20.7 Å². The predicted octanol–water partition coefficient (Wildman–Crippen LogP) is 3.92. The number of benzene rings is 3. The molecule has 13 nitrogen and oxygen atoms in total. The van der Waals surface area contributed by atoms with E-state index < -0.39 is 32.3 Å². The minimum absolute atomic E-state index is 0.0233. The summed E-state index contributed by atoms with van der Waals surface area (Å²) in [6.45, 7) is 0. The zero-order valence-corrected chi connectivity index (χ0v) is 16.5. The van der Waals surface area contributed by atoms with Gasteiger partial charge in [0.05, 0.1) is 14.8 Å². The van der Waals surface area contributed by atoms with Gasteiger partial charge in [0.1, 0.15) is 5.69 Å². The first-order valence-electron chi connectivity index (χ1n) is 9.06. The van der Waals surface area contributed by atoms with Gasteiger partial charge in [-0.1, -0.05) is 0 Å². The number of rotatable bonds is 7. The highest BCUT2D eigenvalue weighted by Crippen LogP contribution is 2.29. The Hall–Kier alpha value is -5.20. The molecule has 0 aliphatic rings. The average Bonchev–Trinajstić information content (AvgIpc) is 2.79. The molecule has 2 N–H and O–H groups in total. The van der Waals surface area contributed by atoms with Crippen LogP contribution >= 0.6 is 0 Å². The molecule has 13 heteroatoms.